The molecular formula is C19H39IN4O3S. The van der Waals surface area contributed by atoms with Crippen molar-refractivity contribution in [3.05, 3.63) is 0 Å². The van der Waals surface area contributed by atoms with Crippen molar-refractivity contribution in [2.45, 2.75) is 65.5 Å². The van der Waals surface area contributed by atoms with E-state index >= 15 is 0 Å². The summed E-state index contributed by atoms with van der Waals surface area (Å²) < 4.78 is 31.6. The van der Waals surface area contributed by atoms with Gasteiger partial charge in [0.2, 0.25) is 10.0 Å². The van der Waals surface area contributed by atoms with E-state index in [1.807, 2.05) is 0 Å². The first-order chi connectivity index (χ1) is 12.7. The number of nitrogens with zero attached hydrogens (tertiary/aromatic N) is 2. The summed E-state index contributed by atoms with van der Waals surface area (Å²) in [4.78, 5) is 4.36. The second kappa shape index (κ2) is 11.3. The summed E-state index contributed by atoms with van der Waals surface area (Å²) in [5, 5.41) is 6.93. The quantitative estimate of drug-likeness (QED) is 0.324. The summed E-state index contributed by atoms with van der Waals surface area (Å²) in [6, 6.07) is 0.250. The van der Waals surface area contributed by atoms with Crippen LogP contribution in [0.3, 0.4) is 0 Å². The summed E-state index contributed by atoms with van der Waals surface area (Å²) in [6.45, 7) is 11.3. The molecule has 0 aromatic heterocycles. The van der Waals surface area contributed by atoms with Crippen molar-refractivity contribution in [2.24, 2.45) is 16.3 Å². The summed E-state index contributed by atoms with van der Waals surface area (Å²) in [7, 11) is -1.30. The summed E-state index contributed by atoms with van der Waals surface area (Å²) >= 11 is 0. The van der Waals surface area contributed by atoms with Crippen LogP contribution in [-0.4, -0.2) is 69.9 Å². The van der Waals surface area contributed by atoms with Crippen molar-refractivity contribution in [3.63, 3.8) is 0 Å². The maximum absolute atomic E-state index is 12.0. The maximum atomic E-state index is 12.0. The molecule has 2 unspecified atom stereocenters. The summed E-state index contributed by atoms with van der Waals surface area (Å²) in [5.41, 5.74) is 0.126. The molecule has 0 amide bonds. The molecule has 0 saturated carbocycles. The Balaban J connectivity index is 0.00000392. The Morgan fingerprint density at radius 3 is 2.39 bits per heavy atom. The predicted molar refractivity (Wildman–Crippen MR) is 126 cm³/mol. The van der Waals surface area contributed by atoms with Crippen LogP contribution in [0.15, 0.2) is 4.99 Å². The van der Waals surface area contributed by atoms with Crippen LogP contribution in [0.25, 0.3) is 0 Å². The highest BCUT2D eigenvalue weighted by molar-refractivity contribution is 14.0. The van der Waals surface area contributed by atoms with Gasteiger partial charge in [-0.2, -0.15) is 0 Å². The van der Waals surface area contributed by atoms with E-state index in [-0.39, 0.29) is 47.3 Å². The fraction of sp³-hybridized carbons (Fsp3) is 0.947. The molecule has 0 spiro atoms. The Kier molecular flexibility index (Phi) is 10.5. The smallest absolute Gasteiger partial charge is 0.213 e. The number of ether oxygens (including phenoxy) is 1. The number of piperidine rings is 1. The van der Waals surface area contributed by atoms with Gasteiger partial charge in [-0.3, -0.25) is 4.99 Å². The average molecular weight is 531 g/mol. The van der Waals surface area contributed by atoms with Gasteiger partial charge in [-0.1, -0.05) is 20.8 Å². The minimum atomic E-state index is -3.08. The Hall–Kier alpha value is -0.130. The first-order valence-electron chi connectivity index (χ1n) is 10.2. The summed E-state index contributed by atoms with van der Waals surface area (Å²) in [5.74, 6) is 1.44. The Labute approximate surface area is 188 Å². The van der Waals surface area contributed by atoms with Gasteiger partial charge in [0.15, 0.2) is 5.96 Å². The average Bonchev–Trinajstić information content (AvgIpc) is 2.65. The third kappa shape index (κ3) is 7.28. The fourth-order valence-electron chi connectivity index (χ4n) is 4.09. The highest BCUT2D eigenvalue weighted by Gasteiger charge is 2.35. The fourth-order valence-corrected chi connectivity index (χ4v) is 5.22. The molecule has 0 bridgehead atoms. The van der Waals surface area contributed by atoms with Gasteiger partial charge in [0.25, 0.3) is 0 Å². The molecular weight excluding hydrogens is 491 g/mol. The molecule has 166 valence electrons. The first-order valence-corrected chi connectivity index (χ1v) is 11.8. The number of hydrogen-bond acceptors (Lipinski definition) is 4. The molecule has 2 N–H and O–H groups in total. The van der Waals surface area contributed by atoms with Crippen molar-refractivity contribution in [1.29, 1.82) is 0 Å². The van der Waals surface area contributed by atoms with Gasteiger partial charge in [0, 0.05) is 45.2 Å². The van der Waals surface area contributed by atoms with Crippen molar-refractivity contribution < 1.29 is 13.2 Å². The number of hydrogen-bond donors (Lipinski definition) is 2. The number of halogens is 1. The highest BCUT2D eigenvalue weighted by atomic mass is 127. The number of sulfonamides is 1. The van der Waals surface area contributed by atoms with Crippen molar-refractivity contribution in [1.82, 2.24) is 14.9 Å². The van der Waals surface area contributed by atoms with Crippen molar-refractivity contribution in [2.75, 3.05) is 39.0 Å². The SMILES string of the molecule is CCS(=O)(=O)N1CCC(NC(=NC)NCC2CCCOC2C(C)(C)C)CC1.I. The van der Waals surface area contributed by atoms with E-state index < -0.39 is 10.0 Å². The zero-order valence-electron chi connectivity index (χ0n) is 18.0. The molecule has 2 aliphatic rings. The van der Waals surface area contributed by atoms with Crippen LogP contribution in [0.4, 0.5) is 0 Å². The molecule has 2 aliphatic heterocycles. The van der Waals surface area contributed by atoms with E-state index in [1.54, 1.807) is 18.3 Å². The normalized spacial score (nSPS) is 25.8. The van der Waals surface area contributed by atoms with Crippen LogP contribution in [0.2, 0.25) is 0 Å². The Morgan fingerprint density at radius 2 is 1.86 bits per heavy atom. The molecule has 7 nitrogen and oxygen atoms in total. The predicted octanol–water partition coefficient (Wildman–Crippen LogP) is 2.42. The maximum Gasteiger partial charge on any atom is 0.213 e. The van der Waals surface area contributed by atoms with E-state index in [9.17, 15) is 8.42 Å². The minimum Gasteiger partial charge on any atom is -0.377 e. The second-order valence-corrected chi connectivity index (χ2v) is 11.0. The lowest BCUT2D eigenvalue weighted by Gasteiger charge is -2.40. The van der Waals surface area contributed by atoms with Crippen molar-refractivity contribution >= 4 is 40.0 Å². The lowest BCUT2D eigenvalue weighted by Crippen LogP contribution is -2.52. The number of nitrogens with one attached hydrogen (secondary N) is 2. The summed E-state index contributed by atoms with van der Waals surface area (Å²) in [6.07, 6.45) is 4.13. The lowest BCUT2D eigenvalue weighted by atomic mass is 9.78. The molecule has 28 heavy (non-hydrogen) atoms. The highest BCUT2D eigenvalue weighted by Crippen LogP contribution is 2.33. The second-order valence-electron chi connectivity index (χ2n) is 8.73. The molecule has 0 aromatic rings. The third-order valence-electron chi connectivity index (χ3n) is 5.61. The molecule has 9 heteroatoms. The van der Waals surface area contributed by atoms with Crippen LogP contribution in [-0.2, 0) is 14.8 Å². The largest absolute Gasteiger partial charge is 0.377 e. The zero-order chi connectivity index (χ0) is 20.1. The van der Waals surface area contributed by atoms with Gasteiger partial charge in [-0.05, 0) is 38.0 Å². The molecule has 2 heterocycles. The van der Waals surface area contributed by atoms with Gasteiger partial charge < -0.3 is 15.4 Å². The number of guanidine groups is 1. The standard InChI is InChI=1S/C19H38N4O3S.HI/c1-6-27(24,25)23-11-9-16(10-12-23)22-18(20-5)21-14-15-8-7-13-26-17(15)19(2,3)4;/h15-17H,6-14H2,1-5H3,(H2,20,21,22);1H. The van der Waals surface area contributed by atoms with E-state index in [2.05, 4.69) is 36.4 Å². The van der Waals surface area contributed by atoms with Gasteiger partial charge in [0.1, 0.15) is 0 Å². The first kappa shape index (κ1) is 25.9. The Bertz CT molecular complexity index is 599. The van der Waals surface area contributed by atoms with Crippen molar-refractivity contribution in [3.8, 4) is 0 Å². The molecule has 0 aromatic carbocycles. The van der Waals surface area contributed by atoms with Gasteiger partial charge in [-0.25, -0.2) is 12.7 Å². The van der Waals surface area contributed by atoms with E-state index in [4.69, 9.17) is 4.74 Å². The van der Waals surface area contributed by atoms with Crippen LogP contribution in [0.1, 0.15) is 53.4 Å². The van der Waals surface area contributed by atoms with E-state index in [0.717, 1.165) is 38.4 Å². The molecule has 2 fully saturated rings. The van der Waals surface area contributed by atoms with Crippen LogP contribution in [0.5, 0.6) is 0 Å². The van der Waals surface area contributed by atoms with Crippen LogP contribution < -0.4 is 10.6 Å². The van der Waals surface area contributed by atoms with Crippen LogP contribution >= 0.6 is 24.0 Å². The monoisotopic (exact) mass is 530 g/mol. The van der Waals surface area contributed by atoms with Gasteiger partial charge in [0.05, 0.1) is 11.9 Å². The molecule has 0 radical (unpaired) electrons. The van der Waals surface area contributed by atoms with Crippen LogP contribution in [0, 0.1) is 11.3 Å². The number of aliphatic imine (C=N–C) groups is 1. The number of rotatable bonds is 5. The van der Waals surface area contributed by atoms with E-state index in [1.165, 1.54) is 6.42 Å². The minimum absolute atomic E-state index is 0. The Morgan fingerprint density at radius 1 is 1.21 bits per heavy atom. The molecule has 0 aliphatic carbocycles. The molecule has 2 saturated heterocycles. The zero-order valence-corrected chi connectivity index (χ0v) is 21.2. The third-order valence-corrected chi connectivity index (χ3v) is 7.49. The molecule has 2 atom stereocenters. The van der Waals surface area contributed by atoms with Gasteiger partial charge >= 0.3 is 0 Å². The van der Waals surface area contributed by atoms with E-state index in [0.29, 0.717) is 19.0 Å². The topological polar surface area (TPSA) is 83.0 Å². The lowest BCUT2D eigenvalue weighted by molar-refractivity contribution is -0.0835. The van der Waals surface area contributed by atoms with Gasteiger partial charge in [-0.15, -0.1) is 24.0 Å². The molecule has 2 rings (SSSR count).